The first-order valence-electron chi connectivity index (χ1n) is 8.42. The molecule has 0 saturated heterocycles. The van der Waals surface area contributed by atoms with Crippen LogP contribution in [0.3, 0.4) is 0 Å². The number of aryl methyl sites for hydroxylation is 2. The lowest BCUT2D eigenvalue weighted by atomic mass is 9.86. The van der Waals surface area contributed by atoms with Crippen molar-refractivity contribution in [2.24, 2.45) is 0 Å². The van der Waals surface area contributed by atoms with Gasteiger partial charge in [-0.2, -0.15) is 0 Å². The molecule has 0 heterocycles. The second-order valence-electron chi connectivity index (χ2n) is 7.51. The molecule has 3 heteroatoms. The largest absolute Gasteiger partial charge is 0.356 e. The molecule has 0 aliphatic heterocycles. The number of nitrogens with one attached hydrogen (secondary N) is 2. The van der Waals surface area contributed by atoms with Gasteiger partial charge in [-0.25, -0.2) is 0 Å². The van der Waals surface area contributed by atoms with Crippen LogP contribution in [0.25, 0.3) is 0 Å². The maximum Gasteiger partial charge on any atom is 0.171 e. The van der Waals surface area contributed by atoms with Crippen LogP contribution in [0.15, 0.2) is 42.5 Å². The van der Waals surface area contributed by atoms with E-state index in [1.807, 2.05) is 0 Å². The fourth-order valence-electron chi connectivity index (χ4n) is 2.58. The highest BCUT2D eigenvalue weighted by molar-refractivity contribution is 7.80. The minimum Gasteiger partial charge on any atom is -0.356 e. The lowest BCUT2D eigenvalue weighted by Gasteiger charge is -2.22. The molecule has 2 N–H and O–H groups in total. The quantitative estimate of drug-likeness (QED) is 0.706. The van der Waals surface area contributed by atoms with E-state index in [2.05, 4.69) is 94.6 Å². The van der Waals surface area contributed by atoms with Gasteiger partial charge in [0, 0.05) is 5.69 Å². The molecule has 1 atom stereocenters. The third kappa shape index (κ3) is 4.81. The highest BCUT2D eigenvalue weighted by Gasteiger charge is 2.14. The number of anilines is 1. The average molecular weight is 341 g/mol. The number of hydrogen-bond acceptors (Lipinski definition) is 1. The highest BCUT2D eigenvalue weighted by atomic mass is 32.1. The molecule has 0 fully saturated rings. The lowest BCUT2D eigenvalue weighted by Crippen LogP contribution is -2.31. The van der Waals surface area contributed by atoms with E-state index in [1.165, 1.54) is 22.3 Å². The Morgan fingerprint density at radius 3 is 2.21 bits per heavy atom. The molecule has 1 unspecified atom stereocenters. The van der Waals surface area contributed by atoms with Crippen molar-refractivity contribution >= 4 is 23.0 Å². The van der Waals surface area contributed by atoms with E-state index >= 15 is 0 Å². The highest BCUT2D eigenvalue weighted by Crippen LogP contribution is 2.24. The zero-order valence-corrected chi connectivity index (χ0v) is 16.3. The second-order valence-corrected chi connectivity index (χ2v) is 7.92. The van der Waals surface area contributed by atoms with Crippen LogP contribution in [0.4, 0.5) is 5.69 Å². The van der Waals surface area contributed by atoms with Gasteiger partial charge in [-0.05, 0) is 66.7 Å². The Morgan fingerprint density at radius 2 is 1.62 bits per heavy atom. The summed E-state index contributed by atoms with van der Waals surface area (Å²) in [5, 5.41) is 7.33. The normalized spacial score (nSPS) is 12.6. The maximum absolute atomic E-state index is 5.48. The first-order valence-corrected chi connectivity index (χ1v) is 8.83. The summed E-state index contributed by atoms with van der Waals surface area (Å²) in [5.74, 6) is 0. The van der Waals surface area contributed by atoms with Gasteiger partial charge in [-0.1, -0.05) is 57.2 Å². The molecule has 2 aromatic rings. The van der Waals surface area contributed by atoms with Gasteiger partial charge in [0.15, 0.2) is 5.11 Å². The van der Waals surface area contributed by atoms with Gasteiger partial charge < -0.3 is 10.6 Å². The van der Waals surface area contributed by atoms with E-state index in [0.717, 1.165) is 5.69 Å². The van der Waals surface area contributed by atoms with E-state index in [9.17, 15) is 0 Å². The molecule has 128 valence electrons. The Balaban J connectivity index is 2.02. The Hall–Kier alpha value is -1.87. The van der Waals surface area contributed by atoms with Gasteiger partial charge in [0.1, 0.15) is 0 Å². The van der Waals surface area contributed by atoms with Crippen LogP contribution < -0.4 is 10.6 Å². The first-order chi connectivity index (χ1) is 11.2. The summed E-state index contributed by atoms with van der Waals surface area (Å²) in [5.41, 5.74) is 6.21. The fraction of sp³-hybridized carbons (Fsp3) is 0.381. The van der Waals surface area contributed by atoms with Crippen LogP contribution in [-0.2, 0) is 5.41 Å². The van der Waals surface area contributed by atoms with Crippen LogP contribution in [0.1, 0.15) is 56.0 Å². The van der Waals surface area contributed by atoms with Crippen LogP contribution in [0.5, 0.6) is 0 Å². The minimum atomic E-state index is 0.157. The topological polar surface area (TPSA) is 24.1 Å². The summed E-state index contributed by atoms with van der Waals surface area (Å²) in [6.45, 7) is 13.0. The second kappa shape index (κ2) is 7.35. The molecule has 0 radical (unpaired) electrons. The van der Waals surface area contributed by atoms with Crippen LogP contribution >= 0.6 is 12.2 Å². The predicted molar refractivity (Wildman–Crippen MR) is 109 cm³/mol. The molecule has 0 amide bonds. The summed E-state index contributed by atoms with van der Waals surface area (Å²) < 4.78 is 0. The molecule has 2 rings (SSSR count). The number of benzene rings is 2. The van der Waals surface area contributed by atoms with Gasteiger partial charge in [0.05, 0.1) is 6.04 Å². The number of hydrogen-bond donors (Lipinski definition) is 2. The van der Waals surface area contributed by atoms with Gasteiger partial charge in [-0.15, -0.1) is 0 Å². The van der Waals surface area contributed by atoms with Crippen molar-refractivity contribution < 1.29 is 0 Å². The Bertz CT molecular complexity index is 712. The van der Waals surface area contributed by atoms with E-state index < -0.39 is 0 Å². The van der Waals surface area contributed by atoms with E-state index in [4.69, 9.17) is 12.2 Å². The molecule has 2 nitrogen and oxygen atoms in total. The van der Waals surface area contributed by atoms with Gasteiger partial charge in [0.25, 0.3) is 0 Å². The lowest BCUT2D eigenvalue weighted by molar-refractivity contribution is 0.589. The molecule has 0 spiro atoms. The summed E-state index contributed by atoms with van der Waals surface area (Å²) in [6, 6.07) is 15.3. The third-order valence-electron chi connectivity index (χ3n) is 4.27. The molecule has 0 aliphatic carbocycles. The van der Waals surface area contributed by atoms with E-state index in [1.54, 1.807) is 0 Å². The van der Waals surface area contributed by atoms with Crippen molar-refractivity contribution in [2.45, 2.75) is 53.0 Å². The Morgan fingerprint density at radius 1 is 1.00 bits per heavy atom. The molecule has 24 heavy (non-hydrogen) atoms. The van der Waals surface area contributed by atoms with Crippen molar-refractivity contribution in [3.63, 3.8) is 0 Å². The fourth-order valence-corrected chi connectivity index (χ4v) is 2.87. The third-order valence-corrected chi connectivity index (χ3v) is 4.49. The molecule has 0 aromatic heterocycles. The van der Waals surface area contributed by atoms with Crippen LogP contribution in [0, 0.1) is 13.8 Å². The van der Waals surface area contributed by atoms with Crippen molar-refractivity contribution in [3.8, 4) is 0 Å². The Labute approximate surface area is 151 Å². The van der Waals surface area contributed by atoms with Gasteiger partial charge in [0.2, 0.25) is 0 Å². The van der Waals surface area contributed by atoms with E-state index in [-0.39, 0.29) is 11.5 Å². The molecule has 2 aromatic carbocycles. The van der Waals surface area contributed by atoms with Crippen LogP contribution in [-0.4, -0.2) is 5.11 Å². The smallest absolute Gasteiger partial charge is 0.171 e. The standard InChI is InChI=1S/C21H28N2S/c1-14-7-8-15(2)19(13-14)23-20(24)22-16(3)17-9-11-18(12-10-17)21(4,5)6/h7-13,16H,1-6H3,(H2,22,23,24). The molecule has 0 saturated carbocycles. The van der Waals surface area contributed by atoms with Crippen molar-refractivity contribution in [1.82, 2.24) is 5.32 Å². The SMILES string of the molecule is Cc1ccc(C)c(NC(=S)NC(C)c2ccc(C(C)(C)C)cc2)c1. The zero-order chi connectivity index (χ0) is 17.9. The Kier molecular flexibility index (Phi) is 5.66. The molecule has 0 aliphatic rings. The summed E-state index contributed by atoms with van der Waals surface area (Å²) in [4.78, 5) is 0. The number of rotatable bonds is 3. The summed E-state index contributed by atoms with van der Waals surface area (Å²) >= 11 is 5.48. The van der Waals surface area contributed by atoms with E-state index in [0.29, 0.717) is 5.11 Å². The van der Waals surface area contributed by atoms with Crippen molar-refractivity contribution in [2.75, 3.05) is 5.32 Å². The van der Waals surface area contributed by atoms with Crippen molar-refractivity contribution in [1.29, 1.82) is 0 Å². The average Bonchev–Trinajstić information content (AvgIpc) is 2.50. The monoisotopic (exact) mass is 340 g/mol. The summed E-state index contributed by atoms with van der Waals surface area (Å²) in [7, 11) is 0. The zero-order valence-electron chi connectivity index (χ0n) is 15.5. The maximum atomic E-state index is 5.48. The minimum absolute atomic E-state index is 0.157. The van der Waals surface area contributed by atoms with Crippen molar-refractivity contribution in [3.05, 3.63) is 64.7 Å². The van der Waals surface area contributed by atoms with Gasteiger partial charge in [-0.3, -0.25) is 0 Å². The molecular formula is C21H28N2S. The predicted octanol–water partition coefficient (Wildman–Crippen LogP) is 5.65. The molecule has 0 bridgehead atoms. The first kappa shape index (κ1) is 18.5. The molecular weight excluding hydrogens is 312 g/mol. The van der Waals surface area contributed by atoms with Crippen LogP contribution in [0.2, 0.25) is 0 Å². The number of thiocarbonyl (C=S) groups is 1. The summed E-state index contributed by atoms with van der Waals surface area (Å²) in [6.07, 6.45) is 0. The van der Waals surface area contributed by atoms with Gasteiger partial charge >= 0.3 is 0 Å².